The summed E-state index contributed by atoms with van der Waals surface area (Å²) >= 11 is 0.752. The topological polar surface area (TPSA) is 139 Å². The predicted molar refractivity (Wildman–Crippen MR) is 138 cm³/mol. The number of carbonyl (C=O) groups is 2. The van der Waals surface area contributed by atoms with Gasteiger partial charge in [-0.15, -0.1) is 5.10 Å². The van der Waals surface area contributed by atoms with Crippen LogP contribution in [-0.4, -0.2) is 53.5 Å². The number of esters is 1. The van der Waals surface area contributed by atoms with E-state index >= 15 is 0 Å². The molecule has 4 rings (SSSR count). The molecule has 0 aromatic heterocycles. The number of amides is 1. The number of methoxy groups -OCH3 is 1. The molecular formula is C24H22N4O6S2. The monoisotopic (exact) mass is 526 g/mol. The maximum absolute atomic E-state index is 12.7. The third-order valence-electron chi connectivity index (χ3n) is 4.97. The van der Waals surface area contributed by atoms with Gasteiger partial charge < -0.3 is 9.47 Å². The van der Waals surface area contributed by atoms with Gasteiger partial charge in [0.2, 0.25) is 19.4 Å². The maximum Gasteiger partial charge on any atom is 0.343 e. The first kappa shape index (κ1) is 25.3. The second kappa shape index (κ2) is 10.1. The molecule has 0 bridgehead atoms. The van der Waals surface area contributed by atoms with E-state index < -0.39 is 21.7 Å². The van der Waals surface area contributed by atoms with Gasteiger partial charge in [0.15, 0.2) is 17.3 Å². The van der Waals surface area contributed by atoms with Gasteiger partial charge in [-0.2, -0.15) is 10.0 Å². The van der Waals surface area contributed by atoms with Crippen molar-refractivity contribution >= 4 is 54.9 Å². The maximum atomic E-state index is 12.7. The fourth-order valence-corrected chi connectivity index (χ4v) is 6.16. The van der Waals surface area contributed by atoms with Gasteiger partial charge in [0.25, 0.3) is 5.91 Å². The van der Waals surface area contributed by atoms with Gasteiger partial charge in [-0.25, -0.2) is 13.2 Å². The summed E-state index contributed by atoms with van der Waals surface area (Å²) in [4.78, 5) is 29.0. The fraction of sp³-hybridized carbons (Fsp3) is 0.208. The summed E-state index contributed by atoms with van der Waals surface area (Å²) in [6.45, 7) is 3.55. The Balaban J connectivity index is 1.59. The van der Waals surface area contributed by atoms with Gasteiger partial charge >= 0.3 is 5.97 Å². The Hall–Kier alpha value is -3.77. The molecule has 1 amide bonds. The lowest BCUT2D eigenvalue weighted by Gasteiger charge is -2.20. The summed E-state index contributed by atoms with van der Waals surface area (Å²) in [5.74, 6) is -1.35. The SMILES string of the molecule is COc1cc(/C=C2\C(=N)N3N=C(S(=O)(=O)CC(C)C)SC3=NC2=O)ccc1OC(=O)c1ccccc1. The lowest BCUT2D eigenvalue weighted by Crippen LogP contribution is -2.35. The number of sulfone groups is 1. The first-order chi connectivity index (χ1) is 17.1. The van der Waals surface area contributed by atoms with Crippen LogP contribution < -0.4 is 9.47 Å². The molecule has 0 spiro atoms. The van der Waals surface area contributed by atoms with Crippen molar-refractivity contribution in [1.29, 1.82) is 5.41 Å². The number of hydrogen-bond donors (Lipinski definition) is 1. The molecule has 1 N–H and O–H groups in total. The molecule has 2 aliphatic heterocycles. The van der Waals surface area contributed by atoms with Crippen LogP contribution in [0.25, 0.3) is 6.08 Å². The minimum absolute atomic E-state index is 0.0187. The Morgan fingerprint density at radius 2 is 1.89 bits per heavy atom. The normalized spacial score (nSPS) is 16.7. The van der Waals surface area contributed by atoms with E-state index in [0.29, 0.717) is 11.1 Å². The van der Waals surface area contributed by atoms with E-state index in [1.54, 1.807) is 56.3 Å². The molecule has 0 aliphatic carbocycles. The lowest BCUT2D eigenvalue weighted by molar-refractivity contribution is -0.114. The van der Waals surface area contributed by atoms with E-state index in [0.717, 1.165) is 16.8 Å². The lowest BCUT2D eigenvalue weighted by atomic mass is 10.1. The van der Waals surface area contributed by atoms with Gasteiger partial charge in [-0.1, -0.05) is 38.1 Å². The molecule has 36 heavy (non-hydrogen) atoms. The van der Waals surface area contributed by atoms with Gasteiger partial charge in [0, 0.05) is 0 Å². The van der Waals surface area contributed by atoms with Crippen LogP contribution in [0.1, 0.15) is 29.8 Å². The van der Waals surface area contributed by atoms with E-state index in [1.807, 2.05) is 0 Å². The van der Waals surface area contributed by atoms with Gasteiger partial charge in [-0.3, -0.25) is 10.2 Å². The van der Waals surface area contributed by atoms with Crippen LogP contribution in [0.2, 0.25) is 0 Å². The molecule has 2 aromatic carbocycles. The Morgan fingerprint density at radius 3 is 2.56 bits per heavy atom. The minimum atomic E-state index is -3.67. The van der Waals surface area contributed by atoms with E-state index in [4.69, 9.17) is 14.9 Å². The summed E-state index contributed by atoms with van der Waals surface area (Å²) in [6, 6.07) is 13.1. The summed E-state index contributed by atoms with van der Waals surface area (Å²) in [5, 5.41) is 13.6. The predicted octanol–water partition coefficient (Wildman–Crippen LogP) is 3.56. The number of fused-ring (bicyclic) bond motifs is 1. The van der Waals surface area contributed by atoms with Crippen LogP contribution in [0.15, 0.2) is 64.2 Å². The molecule has 12 heteroatoms. The van der Waals surface area contributed by atoms with Crippen LogP contribution in [-0.2, 0) is 14.6 Å². The molecule has 186 valence electrons. The van der Waals surface area contributed by atoms with Crippen molar-refractivity contribution in [2.45, 2.75) is 13.8 Å². The van der Waals surface area contributed by atoms with Gasteiger partial charge in [-0.05, 0) is 53.6 Å². The Kier molecular flexibility index (Phi) is 7.09. The van der Waals surface area contributed by atoms with Crippen LogP contribution in [0.3, 0.4) is 0 Å². The smallest absolute Gasteiger partial charge is 0.343 e. The van der Waals surface area contributed by atoms with Crippen LogP contribution in [0.4, 0.5) is 0 Å². The standard InChI is InChI=1S/C24H22N4O6S2/c1-14(2)13-36(31,32)24-27-28-20(25)17(21(29)26-23(28)35-24)11-15-9-10-18(19(12-15)33-3)34-22(30)16-7-5-4-6-8-16/h4-12,14,25H,13H2,1-3H3/b17-11+,25-20?. The largest absolute Gasteiger partial charge is 0.493 e. The molecule has 0 atom stereocenters. The average molecular weight is 527 g/mol. The van der Waals surface area contributed by atoms with Crippen molar-refractivity contribution in [1.82, 2.24) is 5.01 Å². The number of thioether (sulfide) groups is 1. The average Bonchev–Trinajstić information content (AvgIpc) is 3.27. The zero-order chi connectivity index (χ0) is 26.0. The van der Waals surface area contributed by atoms with Crippen LogP contribution >= 0.6 is 11.8 Å². The quantitative estimate of drug-likeness (QED) is 0.342. The van der Waals surface area contributed by atoms with E-state index in [2.05, 4.69) is 10.1 Å². The van der Waals surface area contributed by atoms with Crippen LogP contribution in [0, 0.1) is 11.3 Å². The third-order valence-corrected chi connectivity index (χ3v) is 8.40. The highest BCUT2D eigenvalue weighted by Gasteiger charge is 2.39. The summed E-state index contributed by atoms with van der Waals surface area (Å²) in [6.07, 6.45) is 1.41. The number of carbonyl (C=O) groups excluding carboxylic acids is 2. The molecular weight excluding hydrogens is 504 g/mol. The van der Waals surface area contributed by atoms with Crippen molar-refractivity contribution in [3.05, 3.63) is 65.2 Å². The van der Waals surface area contributed by atoms with Gasteiger partial charge in [0.05, 0.1) is 24.0 Å². The second-order valence-electron chi connectivity index (χ2n) is 8.23. The second-order valence-corrected chi connectivity index (χ2v) is 11.4. The number of hydrogen-bond acceptors (Lipinski definition) is 9. The highest BCUT2D eigenvalue weighted by Crippen LogP contribution is 2.33. The van der Waals surface area contributed by atoms with Crippen molar-refractivity contribution < 1.29 is 27.5 Å². The number of ether oxygens (including phenoxy) is 2. The van der Waals surface area contributed by atoms with E-state index in [-0.39, 0.29) is 44.1 Å². The Bertz CT molecular complexity index is 1450. The van der Waals surface area contributed by atoms with Crippen molar-refractivity contribution in [2.75, 3.05) is 12.9 Å². The first-order valence-corrected chi connectivity index (χ1v) is 13.2. The Labute approximate surface area is 212 Å². The van der Waals surface area contributed by atoms with Crippen molar-refractivity contribution in [3.8, 4) is 11.5 Å². The first-order valence-electron chi connectivity index (χ1n) is 10.8. The number of nitrogens with one attached hydrogen (secondary N) is 1. The van der Waals surface area contributed by atoms with Crippen molar-refractivity contribution in [2.24, 2.45) is 16.0 Å². The van der Waals surface area contributed by atoms with Gasteiger partial charge in [0.1, 0.15) is 0 Å². The zero-order valence-electron chi connectivity index (χ0n) is 19.6. The number of hydrazone groups is 1. The number of nitrogens with zero attached hydrogens (tertiary/aromatic N) is 3. The highest BCUT2D eigenvalue weighted by molar-refractivity contribution is 8.42. The van der Waals surface area contributed by atoms with E-state index in [9.17, 15) is 18.0 Å². The molecule has 0 saturated carbocycles. The molecule has 0 radical (unpaired) electrons. The molecule has 0 saturated heterocycles. The molecule has 2 aliphatic rings. The minimum Gasteiger partial charge on any atom is -0.493 e. The Morgan fingerprint density at radius 1 is 1.17 bits per heavy atom. The zero-order valence-corrected chi connectivity index (χ0v) is 21.2. The molecule has 0 unspecified atom stereocenters. The van der Waals surface area contributed by atoms with Crippen molar-refractivity contribution in [3.63, 3.8) is 0 Å². The summed E-state index contributed by atoms with van der Waals surface area (Å²) in [7, 11) is -2.27. The molecule has 0 fully saturated rings. The van der Waals surface area contributed by atoms with E-state index in [1.165, 1.54) is 19.3 Å². The number of amidine groups is 2. The number of rotatable bonds is 6. The van der Waals surface area contributed by atoms with Crippen LogP contribution in [0.5, 0.6) is 11.5 Å². The summed E-state index contributed by atoms with van der Waals surface area (Å²) < 4.78 is 35.7. The summed E-state index contributed by atoms with van der Waals surface area (Å²) in [5.41, 5.74) is 0.766. The molecule has 2 aromatic rings. The number of benzene rings is 2. The molecule has 10 nitrogen and oxygen atoms in total. The fourth-order valence-electron chi connectivity index (χ4n) is 3.37. The third kappa shape index (κ3) is 5.24. The highest BCUT2D eigenvalue weighted by atomic mass is 32.3. The number of aliphatic imine (C=N–C) groups is 1. The molecule has 2 heterocycles.